The smallest absolute Gasteiger partial charge is 0.242 e. The molecular weight excluding hydrogens is 278 g/mol. The lowest BCUT2D eigenvalue weighted by molar-refractivity contribution is -0.117. The van der Waals surface area contributed by atoms with Gasteiger partial charge in [-0.1, -0.05) is 29.8 Å². The number of carbonyl (C=O) groups is 1. The zero-order chi connectivity index (χ0) is 14.5. The molecule has 0 spiro atoms. The minimum Gasteiger partial charge on any atom is -0.508 e. The van der Waals surface area contributed by atoms with Crippen molar-refractivity contribution in [2.45, 2.75) is 12.5 Å². The van der Waals surface area contributed by atoms with Gasteiger partial charge in [0.25, 0.3) is 0 Å². The van der Waals surface area contributed by atoms with Crippen molar-refractivity contribution >= 4 is 23.3 Å². The molecule has 1 heterocycles. The molecule has 2 aromatic rings. The summed E-state index contributed by atoms with van der Waals surface area (Å²) in [6.07, 6.45) is 0.368. The van der Waals surface area contributed by atoms with E-state index in [0.29, 0.717) is 17.4 Å². The van der Waals surface area contributed by atoms with Crippen LogP contribution in [0, 0.1) is 0 Å². The Morgan fingerprint density at radius 3 is 2.65 bits per heavy atom. The van der Waals surface area contributed by atoms with Crippen LogP contribution in [0.3, 0.4) is 0 Å². The summed E-state index contributed by atoms with van der Waals surface area (Å²) in [6.45, 7) is 0. The van der Waals surface area contributed by atoms with Crippen molar-refractivity contribution in [3.05, 3.63) is 53.2 Å². The molecule has 0 bridgehead atoms. The van der Waals surface area contributed by atoms with Crippen molar-refractivity contribution in [2.24, 2.45) is 5.73 Å². The Morgan fingerprint density at radius 2 is 2.00 bits per heavy atom. The van der Waals surface area contributed by atoms with Crippen LogP contribution in [-0.4, -0.2) is 22.0 Å². The van der Waals surface area contributed by atoms with Crippen molar-refractivity contribution in [2.75, 3.05) is 5.32 Å². The van der Waals surface area contributed by atoms with Crippen LogP contribution in [0.15, 0.2) is 42.5 Å². The monoisotopic (exact) mass is 291 g/mol. The first kappa shape index (κ1) is 14.3. The SMILES string of the molecule is N[C@H](Cc1ccc(O)cc1)C(=O)Nc1cccc(Cl)n1. The molecule has 0 aliphatic heterocycles. The molecule has 1 aromatic carbocycles. The Labute approximate surface area is 121 Å². The third-order valence-electron chi connectivity index (χ3n) is 2.70. The number of phenolic OH excluding ortho intramolecular Hbond substituents is 1. The standard InChI is InChI=1S/C14H14ClN3O2/c15-12-2-1-3-13(17-12)18-14(20)11(16)8-9-4-6-10(19)7-5-9/h1-7,11,19H,8,16H2,(H,17,18,20)/t11-/m1/s1. The lowest BCUT2D eigenvalue weighted by Gasteiger charge is -2.12. The number of amides is 1. The minimum atomic E-state index is -0.708. The van der Waals surface area contributed by atoms with Gasteiger partial charge in [-0.2, -0.15) is 0 Å². The van der Waals surface area contributed by atoms with Gasteiger partial charge < -0.3 is 16.2 Å². The molecule has 0 fully saturated rings. The first-order valence-corrected chi connectivity index (χ1v) is 6.39. The van der Waals surface area contributed by atoms with Crippen molar-refractivity contribution in [3.8, 4) is 5.75 Å². The van der Waals surface area contributed by atoms with E-state index in [1.165, 1.54) is 0 Å². The van der Waals surface area contributed by atoms with Gasteiger partial charge in [0.05, 0.1) is 6.04 Å². The molecule has 0 saturated carbocycles. The number of nitrogens with zero attached hydrogens (tertiary/aromatic N) is 1. The number of anilines is 1. The van der Waals surface area contributed by atoms with E-state index in [1.807, 2.05) is 0 Å². The second kappa shape index (κ2) is 6.36. The van der Waals surface area contributed by atoms with E-state index >= 15 is 0 Å². The van der Waals surface area contributed by atoms with E-state index in [0.717, 1.165) is 5.56 Å². The summed E-state index contributed by atoms with van der Waals surface area (Å²) in [4.78, 5) is 15.9. The van der Waals surface area contributed by atoms with Crippen LogP contribution < -0.4 is 11.1 Å². The van der Waals surface area contributed by atoms with E-state index in [1.54, 1.807) is 42.5 Å². The molecular formula is C14H14ClN3O2. The van der Waals surface area contributed by atoms with Crippen LogP contribution in [0.1, 0.15) is 5.56 Å². The summed E-state index contributed by atoms with van der Waals surface area (Å²) in [5.74, 6) is 0.200. The number of carbonyl (C=O) groups excluding carboxylic acids is 1. The predicted octanol–water partition coefficient (Wildman–Crippen LogP) is 1.95. The third kappa shape index (κ3) is 3.94. The molecule has 20 heavy (non-hydrogen) atoms. The Hall–Kier alpha value is -2.11. The highest BCUT2D eigenvalue weighted by molar-refractivity contribution is 6.29. The van der Waals surface area contributed by atoms with Crippen LogP contribution in [-0.2, 0) is 11.2 Å². The van der Waals surface area contributed by atoms with Gasteiger partial charge in [-0.25, -0.2) is 4.98 Å². The zero-order valence-corrected chi connectivity index (χ0v) is 11.3. The first-order chi connectivity index (χ1) is 9.54. The number of aromatic hydroxyl groups is 1. The van der Waals surface area contributed by atoms with Gasteiger partial charge in [-0.05, 0) is 36.2 Å². The van der Waals surface area contributed by atoms with Crippen LogP contribution >= 0.6 is 11.6 Å². The van der Waals surface area contributed by atoms with Crippen molar-refractivity contribution in [3.63, 3.8) is 0 Å². The number of pyridine rings is 1. The number of hydrogen-bond donors (Lipinski definition) is 3. The Morgan fingerprint density at radius 1 is 1.30 bits per heavy atom. The average Bonchev–Trinajstić information content (AvgIpc) is 2.41. The summed E-state index contributed by atoms with van der Waals surface area (Å²) in [6, 6.07) is 10.8. The third-order valence-corrected chi connectivity index (χ3v) is 2.91. The molecule has 1 atom stereocenters. The fourth-order valence-corrected chi connectivity index (χ4v) is 1.84. The van der Waals surface area contributed by atoms with E-state index in [4.69, 9.17) is 17.3 Å². The van der Waals surface area contributed by atoms with Gasteiger partial charge >= 0.3 is 0 Å². The molecule has 2 rings (SSSR count). The number of nitrogens with two attached hydrogens (primary N) is 1. The molecule has 104 valence electrons. The van der Waals surface area contributed by atoms with Crippen molar-refractivity contribution < 1.29 is 9.90 Å². The van der Waals surface area contributed by atoms with E-state index in [2.05, 4.69) is 10.3 Å². The molecule has 0 unspecified atom stereocenters. The van der Waals surface area contributed by atoms with E-state index < -0.39 is 6.04 Å². The molecule has 0 aliphatic carbocycles. The molecule has 1 amide bonds. The topological polar surface area (TPSA) is 88.2 Å². The lowest BCUT2D eigenvalue weighted by atomic mass is 10.1. The van der Waals surface area contributed by atoms with E-state index in [9.17, 15) is 9.90 Å². The zero-order valence-electron chi connectivity index (χ0n) is 10.6. The Bertz CT molecular complexity index is 602. The van der Waals surface area contributed by atoms with Crippen LogP contribution in [0.5, 0.6) is 5.75 Å². The molecule has 0 saturated heterocycles. The molecule has 0 aliphatic rings. The fraction of sp³-hybridized carbons (Fsp3) is 0.143. The lowest BCUT2D eigenvalue weighted by Crippen LogP contribution is -2.37. The normalized spacial score (nSPS) is 11.9. The fourth-order valence-electron chi connectivity index (χ4n) is 1.68. The molecule has 1 aromatic heterocycles. The van der Waals surface area contributed by atoms with Gasteiger partial charge in [0, 0.05) is 0 Å². The summed E-state index contributed by atoms with van der Waals surface area (Å²) in [5, 5.41) is 12.1. The molecule has 6 heteroatoms. The first-order valence-electron chi connectivity index (χ1n) is 6.01. The highest BCUT2D eigenvalue weighted by Gasteiger charge is 2.14. The van der Waals surface area contributed by atoms with Crippen molar-refractivity contribution in [1.29, 1.82) is 0 Å². The van der Waals surface area contributed by atoms with E-state index in [-0.39, 0.29) is 11.7 Å². The number of hydrogen-bond acceptors (Lipinski definition) is 4. The minimum absolute atomic E-state index is 0.176. The summed E-state index contributed by atoms with van der Waals surface area (Å²) >= 11 is 5.74. The van der Waals surface area contributed by atoms with Gasteiger partial charge in [-0.15, -0.1) is 0 Å². The summed E-state index contributed by atoms with van der Waals surface area (Å²) in [7, 11) is 0. The van der Waals surface area contributed by atoms with Crippen molar-refractivity contribution in [1.82, 2.24) is 4.98 Å². The highest BCUT2D eigenvalue weighted by Crippen LogP contribution is 2.12. The number of nitrogens with one attached hydrogen (secondary N) is 1. The average molecular weight is 292 g/mol. The number of aromatic nitrogens is 1. The molecule has 4 N–H and O–H groups in total. The number of rotatable bonds is 4. The molecule has 0 radical (unpaired) electrons. The summed E-state index contributed by atoms with van der Waals surface area (Å²) in [5.41, 5.74) is 6.70. The van der Waals surface area contributed by atoms with Crippen LogP contribution in [0.2, 0.25) is 5.15 Å². The van der Waals surface area contributed by atoms with Crippen LogP contribution in [0.25, 0.3) is 0 Å². The van der Waals surface area contributed by atoms with Gasteiger partial charge in [-0.3, -0.25) is 4.79 Å². The largest absolute Gasteiger partial charge is 0.508 e. The highest BCUT2D eigenvalue weighted by atomic mass is 35.5. The Balaban J connectivity index is 1.96. The summed E-state index contributed by atoms with van der Waals surface area (Å²) < 4.78 is 0. The second-order valence-electron chi connectivity index (χ2n) is 4.31. The second-order valence-corrected chi connectivity index (χ2v) is 4.70. The van der Waals surface area contributed by atoms with Crippen LogP contribution in [0.4, 0.5) is 5.82 Å². The maximum atomic E-state index is 11.9. The predicted molar refractivity (Wildman–Crippen MR) is 77.7 cm³/mol. The molecule has 5 nitrogen and oxygen atoms in total. The number of halogens is 1. The number of phenols is 1. The Kier molecular flexibility index (Phi) is 4.55. The van der Waals surface area contributed by atoms with Gasteiger partial charge in [0.1, 0.15) is 16.7 Å². The quantitative estimate of drug-likeness (QED) is 0.751. The van der Waals surface area contributed by atoms with Gasteiger partial charge in [0.2, 0.25) is 5.91 Å². The maximum Gasteiger partial charge on any atom is 0.242 e. The maximum absolute atomic E-state index is 11.9. The number of benzene rings is 1. The van der Waals surface area contributed by atoms with Gasteiger partial charge in [0.15, 0.2) is 0 Å².